The summed E-state index contributed by atoms with van der Waals surface area (Å²) in [5.74, 6) is -1.63. The van der Waals surface area contributed by atoms with Crippen LogP contribution in [0.2, 0.25) is 0 Å². The quantitative estimate of drug-likeness (QED) is 0.658. The lowest BCUT2D eigenvalue weighted by Gasteiger charge is -2.12. The number of carboxylic acid groups (broad SMARTS) is 1. The van der Waals surface area contributed by atoms with E-state index in [1.165, 1.54) is 19.1 Å². The van der Waals surface area contributed by atoms with E-state index < -0.39 is 17.9 Å². The minimum atomic E-state index is -1.12. The second kappa shape index (κ2) is 7.28. The first-order chi connectivity index (χ1) is 9.79. The molecule has 0 aliphatic heterocycles. The first kappa shape index (κ1) is 16.5. The maximum absolute atomic E-state index is 11.9. The molecule has 3 amide bonds. The molecule has 1 aromatic rings. The van der Waals surface area contributed by atoms with Crippen LogP contribution in [-0.2, 0) is 4.79 Å². The lowest BCUT2D eigenvalue weighted by molar-refractivity contribution is -0.138. The lowest BCUT2D eigenvalue weighted by Crippen LogP contribution is -2.38. The van der Waals surface area contributed by atoms with Gasteiger partial charge in [0.2, 0.25) is 0 Å². The van der Waals surface area contributed by atoms with Crippen LogP contribution in [-0.4, -0.2) is 35.1 Å². The van der Waals surface area contributed by atoms with Gasteiger partial charge in [-0.2, -0.15) is 0 Å². The Balaban J connectivity index is 2.74. The van der Waals surface area contributed by atoms with Gasteiger partial charge in [-0.25, -0.2) is 4.79 Å². The third-order valence-corrected chi connectivity index (χ3v) is 2.52. The van der Waals surface area contributed by atoms with Crippen LogP contribution < -0.4 is 16.0 Å². The molecule has 4 N–H and O–H groups in total. The van der Waals surface area contributed by atoms with E-state index in [-0.39, 0.29) is 17.6 Å². The molecule has 1 aromatic carbocycles. The normalized spacial score (nSPS) is 11.6. The topological polar surface area (TPSA) is 108 Å². The maximum atomic E-state index is 11.9. The monoisotopic (exact) mass is 293 g/mol. The highest BCUT2D eigenvalue weighted by atomic mass is 16.4. The molecule has 0 saturated carbocycles. The number of aliphatic carboxylic acids is 1. The molecule has 0 aromatic heterocycles. The summed E-state index contributed by atoms with van der Waals surface area (Å²) >= 11 is 0. The highest BCUT2D eigenvalue weighted by Crippen LogP contribution is 2.11. The summed E-state index contributed by atoms with van der Waals surface area (Å²) in [7, 11) is 0. The molecule has 7 nitrogen and oxygen atoms in total. The van der Waals surface area contributed by atoms with Crippen molar-refractivity contribution >= 4 is 23.6 Å². The summed E-state index contributed by atoms with van der Waals surface area (Å²) in [4.78, 5) is 34.1. The Kier molecular flexibility index (Phi) is 5.71. The summed E-state index contributed by atoms with van der Waals surface area (Å²) in [5.41, 5.74) is 0.717. The lowest BCUT2D eigenvalue weighted by atomic mass is 10.1. The smallest absolute Gasteiger partial charge is 0.325 e. The second-order valence-electron chi connectivity index (χ2n) is 4.87. The molecular formula is C14H19N3O4. The van der Waals surface area contributed by atoms with Gasteiger partial charge >= 0.3 is 12.0 Å². The van der Waals surface area contributed by atoms with Gasteiger partial charge in [0.25, 0.3) is 5.91 Å². The summed E-state index contributed by atoms with van der Waals surface area (Å²) in [6.07, 6.45) is 0. The summed E-state index contributed by atoms with van der Waals surface area (Å²) in [5, 5.41) is 16.4. The van der Waals surface area contributed by atoms with Crippen molar-refractivity contribution in [3.8, 4) is 0 Å². The van der Waals surface area contributed by atoms with Gasteiger partial charge in [-0.3, -0.25) is 9.59 Å². The molecule has 0 saturated heterocycles. The van der Waals surface area contributed by atoms with Gasteiger partial charge in [-0.1, -0.05) is 6.07 Å². The summed E-state index contributed by atoms with van der Waals surface area (Å²) in [6, 6.07) is 4.88. The molecule has 0 unspecified atom stereocenters. The SMILES string of the molecule is CC(C)NC(=O)Nc1cccc(C(=O)N[C@@H](C)C(=O)O)c1. The molecule has 0 radical (unpaired) electrons. The summed E-state index contributed by atoms with van der Waals surface area (Å²) < 4.78 is 0. The van der Waals surface area contributed by atoms with Crippen LogP contribution in [0.4, 0.5) is 10.5 Å². The number of urea groups is 1. The summed E-state index contributed by atoms with van der Waals surface area (Å²) in [6.45, 7) is 5.03. The zero-order valence-corrected chi connectivity index (χ0v) is 12.1. The molecule has 21 heavy (non-hydrogen) atoms. The van der Waals surface area contributed by atoms with Gasteiger partial charge in [0.1, 0.15) is 6.04 Å². The Labute approximate surface area is 122 Å². The molecular weight excluding hydrogens is 274 g/mol. The molecule has 0 aliphatic rings. The predicted octanol–water partition coefficient (Wildman–Crippen LogP) is 1.42. The molecule has 0 aliphatic carbocycles. The zero-order chi connectivity index (χ0) is 16.0. The van der Waals surface area contributed by atoms with Crippen molar-refractivity contribution in [1.82, 2.24) is 10.6 Å². The van der Waals surface area contributed by atoms with E-state index in [0.717, 1.165) is 0 Å². The van der Waals surface area contributed by atoms with Crippen molar-refractivity contribution in [2.75, 3.05) is 5.32 Å². The fourth-order valence-electron chi connectivity index (χ4n) is 1.51. The Bertz CT molecular complexity index is 543. The average molecular weight is 293 g/mol. The number of hydrogen-bond acceptors (Lipinski definition) is 3. The maximum Gasteiger partial charge on any atom is 0.325 e. The fourth-order valence-corrected chi connectivity index (χ4v) is 1.51. The van der Waals surface area contributed by atoms with E-state index >= 15 is 0 Å². The molecule has 0 heterocycles. The molecule has 114 valence electrons. The third-order valence-electron chi connectivity index (χ3n) is 2.52. The van der Waals surface area contributed by atoms with E-state index in [9.17, 15) is 14.4 Å². The molecule has 1 atom stereocenters. The minimum Gasteiger partial charge on any atom is -0.480 e. The highest BCUT2D eigenvalue weighted by molar-refractivity contribution is 5.98. The molecule has 1 rings (SSSR count). The number of carboxylic acids is 1. The standard InChI is InChI=1S/C14H19N3O4/c1-8(2)15-14(21)17-11-6-4-5-10(7-11)12(18)16-9(3)13(19)20/h4-9H,1-3H3,(H,16,18)(H,19,20)(H2,15,17,21)/t9-/m0/s1. The van der Waals surface area contributed by atoms with Gasteiger partial charge in [0.05, 0.1) is 0 Å². The van der Waals surface area contributed by atoms with Gasteiger partial charge in [-0.15, -0.1) is 0 Å². The van der Waals surface area contributed by atoms with Crippen LogP contribution in [0.15, 0.2) is 24.3 Å². The van der Waals surface area contributed by atoms with Gasteiger partial charge in [-0.05, 0) is 39.0 Å². The largest absolute Gasteiger partial charge is 0.480 e. The molecule has 0 bridgehead atoms. The Morgan fingerprint density at radius 3 is 2.33 bits per heavy atom. The van der Waals surface area contributed by atoms with Gasteiger partial charge < -0.3 is 21.1 Å². The van der Waals surface area contributed by atoms with Crippen LogP contribution in [0.5, 0.6) is 0 Å². The zero-order valence-electron chi connectivity index (χ0n) is 12.1. The van der Waals surface area contributed by atoms with E-state index in [0.29, 0.717) is 5.69 Å². The number of carbonyl (C=O) groups excluding carboxylic acids is 2. The highest BCUT2D eigenvalue weighted by Gasteiger charge is 2.15. The average Bonchev–Trinajstić information content (AvgIpc) is 2.37. The Morgan fingerprint density at radius 2 is 1.76 bits per heavy atom. The molecule has 0 fully saturated rings. The van der Waals surface area contributed by atoms with E-state index in [1.807, 2.05) is 13.8 Å². The van der Waals surface area contributed by atoms with E-state index in [4.69, 9.17) is 5.11 Å². The van der Waals surface area contributed by atoms with E-state index in [1.54, 1.807) is 12.1 Å². The number of carbonyl (C=O) groups is 3. The number of rotatable bonds is 5. The first-order valence-electron chi connectivity index (χ1n) is 6.51. The van der Waals surface area contributed by atoms with Crippen LogP contribution >= 0.6 is 0 Å². The number of nitrogens with one attached hydrogen (secondary N) is 3. The van der Waals surface area contributed by atoms with Gasteiger partial charge in [0.15, 0.2) is 0 Å². The molecule has 7 heteroatoms. The number of amides is 3. The molecule has 0 spiro atoms. The minimum absolute atomic E-state index is 0.00658. The number of hydrogen-bond donors (Lipinski definition) is 4. The Morgan fingerprint density at radius 1 is 1.10 bits per heavy atom. The van der Waals surface area contributed by atoms with Crippen molar-refractivity contribution in [1.29, 1.82) is 0 Å². The first-order valence-corrected chi connectivity index (χ1v) is 6.51. The van der Waals surface area contributed by atoms with Crippen LogP contribution in [0.25, 0.3) is 0 Å². The van der Waals surface area contributed by atoms with E-state index in [2.05, 4.69) is 16.0 Å². The van der Waals surface area contributed by atoms with Crippen molar-refractivity contribution in [3.05, 3.63) is 29.8 Å². The van der Waals surface area contributed by atoms with Crippen molar-refractivity contribution in [3.63, 3.8) is 0 Å². The Hall–Kier alpha value is -2.57. The predicted molar refractivity (Wildman–Crippen MR) is 78.3 cm³/mol. The number of benzene rings is 1. The third kappa shape index (κ3) is 5.52. The van der Waals surface area contributed by atoms with Gasteiger partial charge in [0, 0.05) is 17.3 Å². The van der Waals surface area contributed by atoms with Crippen LogP contribution in [0.1, 0.15) is 31.1 Å². The number of anilines is 1. The van der Waals surface area contributed by atoms with Crippen molar-refractivity contribution in [2.45, 2.75) is 32.9 Å². The van der Waals surface area contributed by atoms with Crippen molar-refractivity contribution in [2.24, 2.45) is 0 Å². The second-order valence-corrected chi connectivity index (χ2v) is 4.87. The van der Waals surface area contributed by atoms with Crippen molar-refractivity contribution < 1.29 is 19.5 Å². The van der Waals surface area contributed by atoms with Crippen LogP contribution in [0, 0.1) is 0 Å². The van der Waals surface area contributed by atoms with Crippen LogP contribution in [0.3, 0.4) is 0 Å². The fraction of sp³-hybridized carbons (Fsp3) is 0.357.